The maximum atomic E-state index is 12.9. The highest BCUT2D eigenvalue weighted by Crippen LogP contribution is 2.33. The van der Waals surface area contributed by atoms with E-state index in [1.807, 2.05) is 23.1 Å². The van der Waals surface area contributed by atoms with Crippen molar-refractivity contribution in [1.82, 2.24) is 4.90 Å². The molecule has 5 nitrogen and oxygen atoms in total. The van der Waals surface area contributed by atoms with Gasteiger partial charge in [-0.3, -0.25) is 9.59 Å². The molecule has 2 aliphatic heterocycles. The average molecular weight is 350 g/mol. The summed E-state index contributed by atoms with van der Waals surface area (Å²) in [6.07, 6.45) is 2.18. The van der Waals surface area contributed by atoms with E-state index in [1.165, 1.54) is 0 Å². The van der Waals surface area contributed by atoms with Crippen LogP contribution in [0.5, 0.6) is 0 Å². The van der Waals surface area contributed by atoms with Gasteiger partial charge in [0.25, 0.3) is 0 Å². The summed E-state index contributed by atoms with van der Waals surface area (Å²) < 4.78 is 0. The molecule has 0 spiro atoms. The number of amides is 2. The molecule has 0 aromatic heterocycles. The third-order valence-electron chi connectivity index (χ3n) is 5.15. The van der Waals surface area contributed by atoms with Crippen LogP contribution in [-0.4, -0.2) is 42.4 Å². The van der Waals surface area contributed by atoms with Crippen LogP contribution in [0.25, 0.3) is 0 Å². The van der Waals surface area contributed by atoms with Crippen molar-refractivity contribution >= 4 is 29.1 Å². The predicted octanol–water partition coefficient (Wildman–Crippen LogP) is 2.28. The van der Waals surface area contributed by atoms with Crippen molar-refractivity contribution in [2.45, 2.75) is 32.2 Å². The molecule has 2 N–H and O–H groups in total. The summed E-state index contributed by atoms with van der Waals surface area (Å²) in [7, 11) is 0. The van der Waals surface area contributed by atoms with E-state index in [0.717, 1.165) is 19.4 Å². The fourth-order valence-electron chi connectivity index (χ4n) is 3.78. The van der Waals surface area contributed by atoms with Gasteiger partial charge in [-0.05, 0) is 30.9 Å². The molecule has 3 rings (SSSR count). The third kappa shape index (κ3) is 3.28. The van der Waals surface area contributed by atoms with Crippen LogP contribution in [0.3, 0.4) is 0 Å². The molecule has 6 heteroatoms. The molecule has 0 radical (unpaired) electrons. The summed E-state index contributed by atoms with van der Waals surface area (Å²) in [6.45, 7) is 3.80. The molecule has 3 unspecified atom stereocenters. The van der Waals surface area contributed by atoms with Gasteiger partial charge in [-0.2, -0.15) is 0 Å². The normalized spacial score (nSPS) is 27.6. The number of hydrogen-bond acceptors (Lipinski definition) is 3. The SMILES string of the molecule is CC1CCN(C(=O)C2CC(=O)N(c3ccccc3Cl)C2)C(CN)C1. The summed E-state index contributed by atoms with van der Waals surface area (Å²) >= 11 is 6.20. The molecule has 0 aliphatic carbocycles. The Bertz CT molecular complexity index is 636. The third-order valence-corrected chi connectivity index (χ3v) is 5.47. The van der Waals surface area contributed by atoms with Gasteiger partial charge < -0.3 is 15.5 Å². The standard InChI is InChI=1S/C18H24ClN3O2/c1-12-6-7-21(14(8-12)10-20)18(24)13-9-17(23)22(11-13)16-5-3-2-4-15(16)19/h2-5,12-14H,6-11,20H2,1H3. The second-order valence-electron chi connectivity index (χ2n) is 6.91. The smallest absolute Gasteiger partial charge is 0.228 e. The van der Waals surface area contributed by atoms with Crippen molar-refractivity contribution in [2.24, 2.45) is 17.6 Å². The molecular weight excluding hydrogens is 326 g/mol. The molecular formula is C18H24ClN3O2. The Morgan fingerprint density at radius 3 is 2.83 bits per heavy atom. The first-order chi connectivity index (χ1) is 11.5. The summed E-state index contributed by atoms with van der Waals surface area (Å²) in [6, 6.07) is 7.34. The van der Waals surface area contributed by atoms with Gasteiger partial charge in [-0.1, -0.05) is 30.7 Å². The summed E-state index contributed by atoms with van der Waals surface area (Å²) in [5.74, 6) is 0.292. The van der Waals surface area contributed by atoms with E-state index in [2.05, 4.69) is 6.92 Å². The Morgan fingerprint density at radius 2 is 2.12 bits per heavy atom. The van der Waals surface area contributed by atoms with Crippen LogP contribution in [0.4, 0.5) is 5.69 Å². The number of piperidine rings is 1. The number of likely N-dealkylation sites (tertiary alicyclic amines) is 1. The number of hydrogen-bond donors (Lipinski definition) is 1. The van der Waals surface area contributed by atoms with E-state index < -0.39 is 0 Å². The lowest BCUT2D eigenvalue weighted by Crippen LogP contribution is -2.51. The molecule has 24 heavy (non-hydrogen) atoms. The molecule has 1 aromatic rings. The Hall–Kier alpha value is -1.59. The van der Waals surface area contributed by atoms with Crippen LogP contribution in [0.2, 0.25) is 5.02 Å². The first-order valence-corrected chi connectivity index (χ1v) is 8.94. The first-order valence-electron chi connectivity index (χ1n) is 8.56. The molecule has 2 saturated heterocycles. The number of nitrogens with two attached hydrogens (primary N) is 1. The monoisotopic (exact) mass is 349 g/mol. The number of carbonyl (C=O) groups is 2. The molecule has 1 aromatic carbocycles. The minimum atomic E-state index is -0.309. The fourth-order valence-corrected chi connectivity index (χ4v) is 4.01. The summed E-state index contributed by atoms with van der Waals surface area (Å²) in [5, 5.41) is 0.533. The Balaban J connectivity index is 1.73. The zero-order valence-corrected chi connectivity index (χ0v) is 14.7. The van der Waals surface area contributed by atoms with Gasteiger partial charge in [-0.25, -0.2) is 0 Å². The van der Waals surface area contributed by atoms with Crippen molar-refractivity contribution in [3.05, 3.63) is 29.3 Å². The van der Waals surface area contributed by atoms with Crippen LogP contribution < -0.4 is 10.6 Å². The van der Waals surface area contributed by atoms with Crippen molar-refractivity contribution in [2.75, 3.05) is 24.5 Å². The van der Waals surface area contributed by atoms with E-state index in [4.69, 9.17) is 17.3 Å². The molecule has 0 saturated carbocycles. The average Bonchev–Trinajstić information content (AvgIpc) is 2.96. The number of carbonyl (C=O) groups excluding carboxylic acids is 2. The van der Waals surface area contributed by atoms with Gasteiger partial charge in [0, 0.05) is 32.1 Å². The lowest BCUT2D eigenvalue weighted by Gasteiger charge is -2.39. The van der Waals surface area contributed by atoms with E-state index in [1.54, 1.807) is 11.0 Å². The summed E-state index contributed by atoms with van der Waals surface area (Å²) in [4.78, 5) is 28.9. The zero-order chi connectivity index (χ0) is 17.3. The van der Waals surface area contributed by atoms with Crippen LogP contribution in [0, 0.1) is 11.8 Å². The molecule has 2 heterocycles. The quantitative estimate of drug-likeness (QED) is 0.910. The highest BCUT2D eigenvalue weighted by Gasteiger charge is 2.40. The maximum Gasteiger partial charge on any atom is 0.228 e. The van der Waals surface area contributed by atoms with Crippen molar-refractivity contribution in [3.8, 4) is 0 Å². The summed E-state index contributed by atoms with van der Waals surface area (Å²) in [5.41, 5.74) is 6.55. The Labute approximate surface area is 147 Å². The topological polar surface area (TPSA) is 66.6 Å². The number of rotatable bonds is 3. The second-order valence-corrected chi connectivity index (χ2v) is 7.31. The largest absolute Gasteiger partial charge is 0.338 e. The minimum Gasteiger partial charge on any atom is -0.338 e. The van der Waals surface area contributed by atoms with Crippen LogP contribution >= 0.6 is 11.6 Å². The Morgan fingerprint density at radius 1 is 1.38 bits per heavy atom. The van der Waals surface area contributed by atoms with Crippen LogP contribution in [-0.2, 0) is 9.59 Å². The number of benzene rings is 1. The maximum absolute atomic E-state index is 12.9. The highest BCUT2D eigenvalue weighted by atomic mass is 35.5. The van der Waals surface area contributed by atoms with E-state index >= 15 is 0 Å². The molecule has 2 fully saturated rings. The Kier molecular flexibility index (Phi) is 5.11. The first kappa shape index (κ1) is 17.2. The van der Waals surface area contributed by atoms with Gasteiger partial charge in [0.1, 0.15) is 0 Å². The molecule has 0 bridgehead atoms. The number of para-hydroxylation sites is 1. The molecule has 2 amide bonds. The molecule has 3 atom stereocenters. The lowest BCUT2D eigenvalue weighted by molar-refractivity contribution is -0.139. The van der Waals surface area contributed by atoms with Crippen molar-refractivity contribution < 1.29 is 9.59 Å². The van der Waals surface area contributed by atoms with E-state index in [0.29, 0.717) is 29.7 Å². The highest BCUT2D eigenvalue weighted by molar-refractivity contribution is 6.33. The van der Waals surface area contributed by atoms with Gasteiger partial charge in [0.2, 0.25) is 11.8 Å². The van der Waals surface area contributed by atoms with Gasteiger partial charge in [0.05, 0.1) is 16.6 Å². The lowest BCUT2D eigenvalue weighted by atomic mass is 9.91. The van der Waals surface area contributed by atoms with Crippen molar-refractivity contribution in [1.29, 1.82) is 0 Å². The number of anilines is 1. The van der Waals surface area contributed by atoms with Crippen molar-refractivity contribution in [3.63, 3.8) is 0 Å². The zero-order valence-electron chi connectivity index (χ0n) is 14.0. The molecule has 130 valence electrons. The van der Waals surface area contributed by atoms with Crippen LogP contribution in [0.15, 0.2) is 24.3 Å². The molecule has 2 aliphatic rings. The predicted molar refractivity (Wildman–Crippen MR) is 94.9 cm³/mol. The fraction of sp³-hybridized carbons (Fsp3) is 0.556. The number of nitrogens with zero attached hydrogens (tertiary/aromatic N) is 2. The van der Waals surface area contributed by atoms with Gasteiger partial charge in [0.15, 0.2) is 0 Å². The van der Waals surface area contributed by atoms with E-state index in [9.17, 15) is 9.59 Å². The van der Waals surface area contributed by atoms with Gasteiger partial charge in [-0.15, -0.1) is 0 Å². The second kappa shape index (κ2) is 7.11. The number of halogens is 1. The van der Waals surface area contributed by atoms with Crippen LogP contribution in [0.1, 0.15) is 26.2 Å². The van der Waals surface area contributed by atoms with E-state index in [-0.39, 0.29) is 30.2 Å². The van der Waals surface area contributed by atoms with Gasteiger partial charge >= 0.3 is 0 Å². The minimum absolute atomic E-state index is 0.0453.